The Hall–Kier alpha value is -1.55. The summed E-state index contributed by atoms with van der Waals surface area (Å²) in [7, 11) is 3.19. The van der Waals surface area contributed by atoms with Crippen molar-refractivity contribution in [1.29, 1.82) is 0 Å². The predicted octanol–water partition coefficient (Wildman–Crippen LogP) is 2.91. The van der Waals surface area contributed by atoms with E-state index in [0.717, 1.165) is 25.9 Å². The summed E-state index contributed by atoms with van der Waals surface area (Å²) in [5, 5.41) is 3.39. The first-order chi connectivity index (χ1) is 9.98. The van der Waals surface area contributed by atoms with E-state index in [9.17, 15) is 4.79 Å². The van der Waals surface area contributed by atoms with Crippen LogP contribution in [0.4, 0.5) is 0 Å². The lowest BCUT2D eigenvalue weighted by Crippen LogP contribution is -2.42. The van der Waals surface area contributed by atoms with Crippen molar-refractivity contribution in [2.45, 2.75) is 26.7 Å². The molecule has 0 saturated carbocycles. The number of ether oxygens (including phenoxy) is 2. The molecule has 0 bridgehead atoms. The van der Waals surface area contributed by atoms with E-state index in [1.165, 1.54) is 0 Å². The molecule has 0 radical (unpaired) electrons. The first-order valence-electron chi connectivity index (χ1n) is 7.47. The number of nitrogens with one attached hydrogen (secondary N) is 1. The van der Waals surface area contributed by atoms with Gasteiger partial charge in [-0.3, -0.25) is 4.79 Å². The fourth-order valence-electron chi connectivity index (χ4n) is 2.96. The molecule has 0 aromatic heterocycles. The molecule has 1 atom stereocenters. The Labute approximate surface area is 126 Å². The van der Waals surface area contributed by atoms with Crippen LogP contribution in [0, 0.1) is 11.3 Å². The standard InChI is InChI=1S/C17H25NO3/c1-17(2,13-6-5-7-18-11-13)16(19)12-8-14(20-3)10-15(9-12)21-4/h8-10,13,18H,5-7,11H2,1-4H3. The lowest BCUT2D eigenvalue weighted by Gasteiger charge is -2.36. The minimum Gasteiger partial charge on any atom is -0.497 e. The third-order valence-corrected chi connectivity index (χ3v) is 4.52. The van der Waals surface area contributed by atoms with Gasteiger partial charge < -0.3 is 14.8 Å². The van der Waals surface area contributed by atoms with Crippen molar-refractivity contribution in [3.8, 4) is 11.5 Å². The lowest BCUT2D eigenvalue weighted by molar-refractivity contribution is 0.0707. The summed E-state index contributed by atoms with van der Waals surface area (Å²) in [5.41, 5.74) is 0.256. The van der Waals surface area contributed by atoms with Crippen molar-refractivity contribution < 1.29 is 14.3 Å². The van der Waals surface area contributed by atoms with E-state index in [1.54, 1.807) is 32.4 Å². The molecule has 0 spiro atoms. The average Bonchev–Trinajstić information content (AvgIpc) is 2.54. The van der Waals surface area contributed by atoms with E-state index in [0.29, 0.717) is 23.0 Å². The second-order valence-corrected chi connectivity index (χ2v) is 6.20. The summed E-state index contributed by atoms with van der Waals surface area (Å²) < 4.78 is 10.5. The topological polar surface area (TPSA) is 47.6 Å². The molecule has 1 aliphatic rings. The largest absolute Gasteiger partial charge is 0.497 e. The molecule has 2 rings (SSSR count). The summed E-state index contributed by atoms with van der Waals surface area (Å²) in [4.78, 5) is 13.0. The van der Waals surface area contributed by atoms with Gasteiger partial charge >= 0.3 is 0 Å². The zero-order valence-corrected chi connectivity index (χ0v) is 13.4. The van der Waals surface area contributed by atoms with Crippen LogP contribution < -0.4 is 14.8 Å². The van der Waals surface area contributed by atoms with Crippen molar-refractivity contribution in [3.63, 3.8) is 0 Å². The monoisotopic (exact) mass is 291 g/mol. The Morgan fingerprint density at radius 3 is 2.29 bits per heavy atom. The van der Waals surface area contributed by atoms with Gasteiger partial charge in [0, 0.05) is 17.0 Å². The molecule has 1 aromatic rings. The molecule has 1 heterocycles. The molecule has 1 N–H and O–H groups in total. The van der Waals surface area contributed by atoms with Crippen LogP contribution in [0.5, 0.6) is 11.5 Å². The number of piperidine rings is 1. The van der Waals surface area contributed by atoms with Crippen LogP contribution in [0.15, 0.2) is 18.2 Å². The molecular formula is C17H25NO3. The molecule has 1 aromatic carbocycles. The number of ketones is 1. The first-order valence-corrected chi connectivity index (χ1v) is 7.47. The maximum atomic E-state index is 13.0. The van der Waals surface area contributed by atoms with Gasteiger partial charge in [0.25, 0.3) is 0 Å². The molecule has 4 nitrogen and oxygen atoms in total. The van der Waals surface area contributed by atoms with Crippen LogP contribution in [0.25, 0.3) is 0 Å². The van der Waals surface area contributed by atoms with E-state index >= 15 is 0 Å². The van der Waals surface area contributed by atoms with Gasteiger partial charge in [-0.25, -0.2) is 0 Å². The van der Waals surface area contributed by atoms with Gasteiger partial charge in [0.1, 0.15) is 11.5 Å². The van der Waals surface area contributed by atoms with Gasteiger partial charge in [-0.1, -0.05) is 13.8 Å². The Kier molecular flexibility index (Phi) is 4.88. The molecule has 1 saturated heterocycles. The SMILES string of the molecule is COc1cc(OC)cc(C(=O)C(C)(C)C2CCCNC2)c1. The Morgan fingerprint density at radius 2 is 1.81 bits per heavy atom. The van der Waals surface area contributed by atoms with E-state index in [2.05, 4.69) is 5.32 Å². The maximum absolute atomic E-state index is 13.0. The van der Waals surface area contributed by atoms with Gasteiger partial charge in [0.15, 0.2) is 5.78 Å². The van der Waals surface area contributed by atoms with Crippen LogP contribution in [0.2, 0.25) is 0 Å². The average molecular weight is 291 g/mol. The third-order valence-electron chi connectivity index (χ3n) is 4.52. The van der Waals surface area contributed by atoms with E-state index < -0.39 is 5.41 Å². The summed E-state index contributed by atoms with van der Waals surface area (Å²) in [5.74, 6) is 1.80. The van der Waals surface area contributed by atoms with Crippen LogP contribution in [-0.2, 0) is 0 Å². The molecule has 1 unspecified atom stereocenters. The molecule has 21 heavy (non-hydrogen) atoms. The van der Waals surface area contributed by atoms with Crippen LogP contribution in [0.3, 0.4) is 0 Å². The smallest absolute Gasteiger partial charge is 0.169 e. The van der Waals surface area contributed by atoms with Crippen molar-refractivity contribution >= 4 is 5.78 Å². The zero-order valence-electron chi connectivity index (χ0n) is 13.4. The van der Waals surface area contributed by atoms with E-state index in [-0.39, 0.29) is 5.78 Å². The first kappa shape index (κ1) is 15.8. The quantitative estimate of drug-likeness (QED) is 0.847. The van der Waals surface area contributed by atoms with Gasteiger partial charge in [-0.2, -0.15) is 0 Å². The maximum Gasteiger partial charge on any atom is 0.169 e. The molecule has 0 amide bonds. The summed E-state index contributed by atoms with van der Waals surface area (Å²) in [6, 6.07) is 5.37. The summed E-state index contributed by atoms with van der Waals surface area (Å²) >= 11 is 0. The number of hydrogen-bond donors (Lipinski definition) is 1. The number of carbonyl (C=O) groups excluding carboxylic acids is 1. The Bertz CT molecular complexity index is 483. The number of rotatable bonds is 5. The zero-order chi connectivity index (χ0) is 15.5. The molecule has 1 aliphatic heterocycles. The fraction of sp³-hybridized carbons (Fsp3) is 0.588. The Balaban J connectivity index is 2.29. The number of methoxy groups -OCH3 is 2. The molecule has 1 fully saturated rings. The Morgan fingerprint density at radius 1 is 1.19 bits per heavy atom. The highest BCUT2D eigenvalue weighted by molar-refractivity contribution is 6.01. The van der Waals surface area contributed by atoms with E-state index in [4.69, 9.17) is 9.47 Å². The minimum atomic E-state index is -0.398. The normalized spacial score (nSPS) is 19.1. The molecular weight excluding hydrogens is 266 g/mol. The molecule has 0 aliphatic carbocycles. The number of benzene rings is 1. The van der Waals surface area contributed by atoms with Gasteiger partial charge in [0.2, 0.25) is 0 Å². The van der Waals surface area contributed by atoms with Crippen molar-refractivity contribution in [3.05, 3.63) is 23.8 Å². The predicted molar refractivity (Wildman–Crippen MR) is 83.3 cm³/mol. The van der Waals surface area contributed by atoms with Gasteiger partial charge in [-0.05, 0) is 44.0 Å². The number of hydrogen-bond acceptors (Lipinski definition) is 4. The van der Waals surface area contributed by atoms with E-state index in [1.807, 2.05) is 13.8 Å². The van der Waals surface area contributed by atoms with Crippen LogP contribution in [0.1, 0.15) is 37.0 Å². The summed E-state index contributed by atoms with van der Waals surface area (Å²) in [6.45, 7) is 6.03. The second-order valence-electron chi connectivity index (χ2n) is 6.20. The molecule has 4 heteroatoms. The second kappa shape index (κ2) is 6.48. The van der Waals surface area contributed by atoms with Crippen molar-refractivity contribution in [1.82, 2.24) is 5.32 Å². The fourth-order valence-corrected chi connectivity index (χ4v) is 2.96. The van der Waals surface area contributed by atoms with Gasteiger partial charge in [-0.15, -0.1) is 0 Å². The number of carbonyl (C=O) groups is 1. The minimum absolute atomic E-state index is 0.147. The highest BCUT2D eigenvalue weighted by Gasteiger charge is 2.37. The van der Waals surface area contributed by atoms with Crippen molar-refractivity contribution in [2.24, 2.45) is 11.3 Å². The third kappa shape index (κ3) is 3.38. The lowest BCUT2D eigenvalue weighted by atomic mass is 9.70. The number of Topliss-reactive ketones (excluding diaryl/α,β-unsaturated/α-hetero) is 1. The highest BCUT2D eigenvalue weighted by Crippen LogP contribution is 2.36. The van der Waals surface area contributed by atoms with Gasteiger partial charge in [0.05, 0.1) is 14.2 Å². The van der Waals surface area contributed by atoms with Crippen LogP contribution >= 0.6 is 0 Å². The highest BCUT2D eigenvalue weighted by atomic mass is 16.5. The van der Waals surface area contributed by atoms with Crippen LogP contribution in [-0.4, -0.2) is 33.1 Å². The summed E-state index contributed by atoms with van der Waals surface area (Å²) in [6.07, 6.45) is 2.22. The van der Waals surface area contributed by atoms with Crippen molar-refractivity contribution in [2.75, 3.05) is 27.3 Å². The molecule has 116 valence electrons.